The van der Waals surface area contributed by atoms with Gasteiger partial charge in [0, 0.05) is 0 Å². The largest absolute Gasteiger partial charge is 0.255 e. The van der Waals surface area contributed by atoms with E-state index in [9.17, 15) is 0 Å². The normalized spacial score (nSPS) is 21.1. The topological polar surface area (TPSA) is 37.1 Å². The fourth-order valence-electron chi connectivity index (χ4n) is 0.425. The van der Waals surface area contributed by atoms with Crippen LogP contribution in [0.3, 0.4) is 0 Å². The lowest BCUT2D eigenvalue weighted by Gasteiger charge is -1.83. The van der Waals surface area contributed by atoms with Crippen molar-refractivity contribution in [3.63, 3.8) is 0 Å². The maximum absolute atomic E-state index is 4.04. The summed E-state index contributed by atoms with van der Waals surface area (Å²) in [4.78, 5) is 4.04. The maximum atomic E-state index is 4.04. The number of rotatable bonds is 2. The van der Waals surface area contributed by atoms with Crippen molar-refractivity contribution >= 4 is 16.9 Å². The minimum absolute atomic E-state index is 0.640. The van der Waals surface area contributed by atoms with Crippen LogP contribution in [0.2, 0.25) is 0 Å². The summed E-state index contributed by atoms with van der Waals surface area (Å²) in [5, 5.41) is 8.28. The lowest BCUT2D eigenvalue weighted by Crippen LogP contribution is -1.81. The zero-order chi connectivity index (χ0) is 6.53. The Hall–Kier alpha value is -0.640. The lowest BCUT2D eigenvalue weighted by atomic mass is 10.7. The Kier molecular flexibility index (Phi) is 2.45. The molecule has 0 aromatic rings. The second-order valence-corrected chi connectivity index (χ2v) is 2.34. The fourth-order valence-corrected chi connectivity index (χ4v) is 0.937. The Bertz CT molecular complexity index is 162. The smallest absolute Gasteiger partial charge is 0.206 e. The third-order valence-corrected chi connectivity index (χ3v) is 1.48. The van der Waals surface area contributed by atoms with Gasteiger partial charge in [0.25, 0.3) is 0 Å². The average molecular weight is 141 g/mol. The van der Waals surface area contributed by atoms with Gasteiger partial charge in [-0.3, -0.25) is 4.99 Å². The van der Waals surface area contributed by atoms with Crippen molar-refractivity contribution in [2.75, 3.05) is 12.4 Å². The minimum Gasteiger partial charge on any atom is -0.255 e. The van der Waals surface area contributed by atoms with Gasteiger partial charge in [-0.25, -0.2) is 0 Å². The van der Waals surface area contributed by atoms with Crippen molar-refractivity contribution in [1.82, 2.24) is 0 Å². The predicted octanol–water partition coefficient (Wildman–Crippen LogP) is 1.68. The zero-order valence-corrected chi connectivity index (χ0v) is 5.77. The first-order chi connectivity index (χ1) is 4.43. The summed E-state index contributed by atoms with van der Waals surface area (Å²) in [6.45, 7) is 4.17. The third kappa shape index (κ3) is 1.97. The van der Waals surface area contributed by atoms with Crippen molar-refractivity contribution < 1.29 is 0 Å². The van der Waals surface area contributed by atoms with E-state index in [4.69, 9.17) is 0 Å². The maximum Gasteiger partial charge on any atom is 0.206 e. The average Bonchev–Trinajstić information content (AvgIpc) is 2.34. The molecule has 1 aliphatic rings. The molecule has 48 valence electrons. The molecule has 0 saturated heterocycles. The molecule has 0 aliphatic carbocycles. The molecule has 0 saturated carbocycles. The van der Waals surface area contributed by atoms with Gasteiger partial charge in [-0.05, 0) is 0 Å². The summed E-state index contributed by atoms with van der Waals surface area (Å²) in [6.07, 6.45) is 1.74. The van der Waals surface area contributed by atoms with Crippen LogP contribution in [0.15, 0.2) is 27.9 Å². The van der Waals surface area contributed by atoms with E-state index in [-0.39, 0.29) is 0 Å². The Morgan fingerprint density at radius 3 is 3.33 bits per heavy atom. The third-order valence-electron chi connectivity index (χ3n) is 0.763. The van der Waals surface area contributed by atoms with E-state index < -0.39 is 0 Å². The molecule has 0 atom stereocenters. The first-order valence-electron chi connectivity index (χ1n) is 2.59. The van der Waals surface area contributed by atoms with Gasteiger partial charge in [0.2, 0.25) is 5.17 Å². The Morgan fingerprint density at radius 1 is 1.89 bits per heavy atom. The van der Waals surface area contributed by atoms with Gasteiger partial charge in [-0.2, -0.15) is 5.11 Å². The summed E-state index contributed by atoms with van der Waals surface area (Å²) >= 11 is 1.55. The first kappa shape index (κ1) is 6.48. The molecule has 1 heterocycles. The van der Waals surface area contributed by atoms with Gasteiger partial charge in [-0.1, -0.05) is 17.8 Å². The summed E-state index contributed by atoms with van der Waals surface area (Å²) in [6, 6.07) is 0. The van der Waals surface area contributed by atoms with Crippen molar-refractivity contribution in [2.24, 2.45) is 15.2 Å². The summed E-state index contributed by atoms with van der Waals surface area (Å²) in [5.41, 5.74) is 0. The van der Waals surface area contributed by atoms with Gasteiger partial charge < -0.3 is 0 Å². The molecule has 0 fully saturated rings. The quantitative estimate of drug-likeness (QED) is 0.539. The highest BCUT2D eigenvalue weighted by atomic mass is 32.2. The van der Waals surface area contributed by atoms with E-state index in [0.717, 1.165) is 11.0 Å². The van der Waals surface area contributed by atoms with Crippen molar-refractivity contribution in [1.29, 1.82) is 0 Å². The first-order valence-corrected chi connectivity index (χ1v) is 3.57. The molecule has 1 rings (SSSR count). The van der Waals surface area contributed by atoms with E-state index in [1.807, 2.05) is 0 Å². The highest BCUT2D eigenvalue weighted by Crippen LogP contribution is 2.13. The Balaban J connectivity index is 2.40. The molecule has 1 aliphatic heterocycles. The molecule has 0 aromatic carbocycles. The van der Waals surface area contributed by atoms with Gasteiger partial charge >= 0.3 is 0 Å². The SMILES string of the molecule is C=CCN=C1N=NCS1. The van der Waals surface area contributed by atoms with Crippen LogP contribution in [0.25, 0.3) is 0 Å². The van der Waals surface area contributed by atoms with Crippen LogP contribution in [-0.4, -0.2) is 17.6 Å². The molecule has 3 nitrogen and oxygen atoms in total. The van der Waals surface area contributed by atoms with Crippen LogP contribution in [-0.2, 0) is 0 Å². The minimum atomic E-state index is 0.640. The summed E-state index contributed by atoms with van der Waals surface area (Å²) in [5.74, 6) is 0.718. The molecule has 0 radical (unpaired) electrons. The van der Waals surface area contributed by atoms with E-state index in [1.54, 1.807) is 17.8 Å². The van der Waals surface area contributed by atoms with Crippen molar-refractivity contribution in [3.8, 4) is 0 Å². The van der Waals surface area contributed by atoms with Crippen LogP contribution in [0, 0.1) is 0 Å². The van der Waals surface area contributed by atoms with E-state index >= 15 is 0 Å². The van der Waals surface area contributed by atoms with Crippen LogP contribution in [0.5, 0.6) is 0 Å². The fraction of sp³-hybridized carbons (Fsp3) is 0.400. The van der Waals surface area contributed by atoms with Crippen molar-refractivity contribution in [2.45, 2.75) is 0 Å². The molecule has 0 unspecified atom stereocenters. The molecule has 0 aromatic heterocycles. The highest BCUT2D eigenvalue weighted by molar-refractivity contribution is 8.14. The zero-order valence-electron chi connectivity index (χ0n) is 4.95. The molecule has 0 bridgehead atoms. The van der Waals surface area contributed by atoms with Gasteiger partial charge in [0.1, 0.15) is 5.88 Å². The standard InChI is InChI=1S/C5H7N3S/c1-2-3-6-5-8-7-4-9-5/h2H,1,3-4H2. The monoisotopic (exact) mass is 141 g/mol. The molecule has 0 N–H and O–H groups in total. The highest BCUT2D eigenvalue weighted by Gasteiger charge is 2.01. The van der Waals surface area contributed by atoms with Crippen LogP contribution in [0.1, 0.15) is 0 Å². The molecule has 9 heavy (non-hydrogen) atoms. The number of amidine groups is 1. The van der Waals surface area contributed by atoms with E-state index in [0.29, 0.717) is 6.54 Å². The lowest BCUT2D eigenvalue weighted by molar-refractivity contribution is 1.18. The number of nitrogens with zero attached hydrogens (tertiary/aromatic N) is 3. The number of thioether (sulfide) groups is 1. The van der Waals surface area contributed by atoms with Gasteiger partial charge in [0.05, 0.1) is 6.54 Å². The van der Waals surface area contributed by atoms with Crippen LogP contribution >= 0.6 is 11.8 Å². The molecule has 0 spiro atoms. The number of aliphatic imine (C=N–C) groups is 1. The van der Waals surface area contributed by atoms with E-state index in [1.165, 1.54) is 0 Å². The number of azo groups is 1. The number of hydrogen-bond donors (Lipinski definition) is 0. The van der Waals surface area contributed by atoms with Gasteiger partial charge in [0.15, 0.2) is 0 Å². The second-order valence-electron chi connectivity index (χ2n) is 1.43. The Morgan fingerprint density at radius 2 is 2.78 bits per heavy atom. The molecule has 4 heteroatoms. The van der Waals surface area contributed by atoms with Crippen molar-refractivity contribution in [3.05, 3.63) is 12.7 Å². The summed E-state index contributed by atoms with van der Waals surface area (Å²) < 4.78 is 0. The predicted molar refractivity (Wildman–Crippen MR) is 39.8 cm³/mol. The molecule has 0 amide bonds. The van der Waals surface area contributed by atoms with Crippen LogP contribution < -0.4 is 0 Å². The van der Waals surface area contributed by atoms with Crippen LogP contribution in [0.4, 0.5) is 0 Å². The second kappa shape index (κ2) is 3.40. The number of hydrogen-bond acceptors (Lipinski definition) is 3. The molecular weight excluding hydrogens is 134 g/mol. The molecular formula is C5H7N3S. The van der Waals surface area contributed by atoms with E-state index in [2.05, 4.69) is 21.8 Å². The Labute approximate surface area is 58.0 Å². The van der Waals surface area contributed by atoms with Gasteiger partial charge in [-0.15, -0.1) is 11.7 Å². The summed E-state index contributed by atoms with van der Waals surface area (Å²) in [7, 11) is 0.